The number of para-hydroxylation sites is 1. The number of benzene rings is 1. The Balaban J connectivity index is 1.72. The smallest absolute Gasteiger partial charge is 0.274 e. The molecule has 0 spiro atoms. The van der Waals surface area contributed by atoms with Crippen LogP contribution in [0.4, 0.5) is 0 Å². The van der Waals surface area contributed by atoms with Crippen molar-refractivity contribution in [1.82, 2.24) is 19.6 Å². The molecule has 7 heteroatoms. The maximum Gasteiger partial charge on any atom is 0.274 e. The van der Waals surface area contributed by atoms with E-state index < -0.39 is 0 Å². The fourth-order valence-electron chi connectivity index (χ4n) is 2.82. The van der Waals surface area contributed by atoms with Crippen LogP contribution < -0.4 is 0 Å². The van der Waals surface area contributed by atoms with Gasteiger partial charge in [-0.2, -0.15) is 10.4 Å². The quantitative estimate of drug-likeness (QED) is 0.884. The van der Waals surface area contributed by atoms with Crippen LogP contribution in [0.2, 0.25) is 0 Å². The summed E-state index contributed by atoms with van der Waals surface area (Å²) in [5.74, 6) is -0.105. The first-order valence-electron chi connectivity index (χ1n) is 7.90. The Morgan fingerprint density at radius 1 is 1.21 bits per heavy atom. The van der Waals surface area contributed by atoms with Gasteiger partial charge in [-0.25, -0.2) is 4.68 Å². The Morgan fingerprint density at radius 3 is 2.67 bits per heavy atom. The molecule has 2 aromatic rings. The van der Waals surface area contributed by atoms with Gasteiger partial charge < -0.3 is 10.0 Å². The van der Waals surface area contributed by atoms with E-state index in [0.717, 1.165) is 13.1 Å². The third kappa shape index (κ3) is 3.30. The van der Waals surface area contributed by atoms with E-state index in [1.165, 1.54) is 0 Å². The highest BCUT2D eigenvalue weighted by atomic mass is 16.3. The van der Waals surface area contributed by atoms with Crippen LogP contribution in [-0.2, 0) is 0 Å². The minimum Gasteiger partial charge on any atom is -0.395 e. The fraction of sp³-hybridized carbons (Fsp3) is 0.353. The first kappa shape index (κ1) is 16.2. The van der Waals surface area contributed by atoms with Gasteiger partial charge in [0.05, 0.1) is 17.9 Å². The van der Waals surface area contributed by atoms with Crippen LogP contribution in [-0.4, -0.2) is 69.9 Å². The molecule has 0 unspecified atom stereocenters. The number of β-amino-alcohol motifs (C(OH)–C–C–N with tert-alkyl or cyclic N) is 1. The van der Waals surface area contributed by atoms with Crippen molar-refractivity contribution in [2.45, 2.75) is 0 Å². The van der Waals surface area contributed by atoms with Gasteiger partial charge in [0.15, 0.2) is 5.69 Å². The zero-order chi connectivity index (χ0) is 16.9. The minimum absolute atomic E-state index is 0.105. The molecule has 3 rings (SSSR count). The number of rotatable bonds is 4. The lowest BCUT2D eigenvalue weighted by molar-refractivity contribution is 0.0609. The SMILES string of the molecule is N#Cc1ccccc1-n1ccc(C(=O)N2CCN(CCO)CC2)n1. The Hall–Kier alpha value is -2.69. The Labute approximate surface area is 140 Å². The molecule has 2 heterocycles. The lowest BCUT2D eigenvalue weighted by atomic mass is 10.2. The second kappa shape index (κ2) is 7.25. The molecule has 1 aliphatic heterocycles. The number of amides is 1. The average Bonchev–Trinajstić information content (AvgIpc) is 3.12. The van der Waals surface area contributed by atoms with E-state index in [4.69, 9.17) is 5.11 Å². The molecule has 7 nitrogen and oxygen atoms in total. The Morgan fingerprint density at radius 2 is 1.96 bits per heavy atom. The first-order valence-corrected chi connectivity index (χ1v) is 7.90. The lowest BCUT2D eigenvalue weighted by Gasteiger charge is -2.33. The number of nitriles is 1. The number of hydrogen-bond acceptors (Lipinski definition) is 5. The topological polar surface area (TPSA) is 85.4 Å². The monoisotopic (exact) mass is 325 g/mol. The molecule has 1 aromatic carbocycles. The predicted molar refractivity (Wildman–Crippen MR) is 87.7 cm³/mol. The number of hydrogen-bond donors (Lipinski definition) is 1. The van der Waals surface area contributed by atoms with Crippen LogP contribution in [0.5, 0.6) is 0 Å². The summed E-state index contributed by atoms with van der Waals surface area (Å²) in [5.41, 5.74) is 1.54. The van der Waals surface area contributed by atoms with Crippen LogP contribution >= 0.6 is 0 Å². The molecule has 1 aliphatic rings. The van der Waals surface area contributed by atoms with Gasteiger partial charge >= 0.3 is 0 Å². The van der Waals surface area contributed by atoms with E-state index in [9.17, 15) is 10.1 Å². The molecule has 1 N–H and O–H groups in total. The summed E-state index contributed by atoms with van der Waals surface area (Å²) in [5, 5.41) is 22.5. The highest BCUT2D eigenvalue weighted by Gasteiger charge is 2.23. The number of aromatic nitrogens is 2. The van der Waals surface area contributed by atoms with Gasteiger partial charge in [-0.05, 0) is 18.2 Å². The minimum atomic E-state index is -0.105. The molecule has 1 saturated heterocycles. The van der Waals surface area contributed by atoms with Gasteiger partial charge in [-0.3, -0.25) is 9.69 Å². The van der Waals surface area contributed by atoms with Gasteiger partial charge in [0, 0.05) is 38.9 Å². The van der Waals surface area contributed by atoms with Crippen molar-refractivity contribution in [3.8, 4) is 11.8 Å². The van der Waals surface area contributed by atoms with Crippen LogP contribution in [0.1, 0.15) is 16.1 Å². The van der Waals surface area contributed by atoms with Crippen molar-refractivity contribution in [2.75, 3.05) is 39.3 Å². The average molecular weight is 325 g/mol. The summed E-state index contributed by atoms with van der Waals surface area (Å²) < 4.78 is 1.56. The van der Waals surface area contributed by atoms with Crippen molar-refractivity contribution in [3.63, 3.8) is 0 Å². The molecule has 124 valence electrons. The molecule has 0 radical (unpaired) electrons. The molecular formula is C17H19N5O2. The van der Waals surface area contributed by atoms with Crippen LogP contribution in [0.25, 0.3) is 5.69 Å². The van der Waals surface area contributed by atoms with Crippen LogP contribution in [0, 0.1) is 11.3 Å². The fourth-order valence-corrected chi connectivity index (χ4v) is 2.82. The highest BCUT2D eigenvalue weighted by Crippen LogP contribution is 2.14. The van der Waals surface area contributed by atoms with E-state index >= 15 is 0 Å². The molecular weight excluding hydrogens is 306 g/mol. The predicted octanol–water partition coefficient (Wildman–Crippen LogP) is 0.494. The van der Waals surface area contributed by atoms with E-state index in [-0.39, 0.29) is 12.5 Å². The standard InChI is InChI=1S/C17H19N5O2/c18-13-14-3-1-2-4-16(14)22-6-5-15(19-22)17(24)21-9-7-20(8-10-21)11-12-23/h1-6,23H,7-12H2. The third-order valence-electron chi connectivity index (χ3n) is 4.16. The molecule has 0 aliphatic carbocycles. The van der Waals surface area contributed by atoms with Crippen molar-refractivity contribution >= 4 is 5.91 Å². The van der Waals surface area contributed by atoms with Gasteiger partial charge in [-0.15, -0.1) is 0 Å². The number of nitrogens with zero attached hydrogens (tertiary/aromatic N) is 5. The first-order chi connectivity index (χ1) is 11.7. The van der Waals surface area contributed by atoms with Gasteiger partial charge in [-0.1, -0.05) is 12.1 Å². The summed E-state index contributed by atoms with van der Waals surface area (Å²) in [6.45, 7) is 3.54. The van der Waals surface area contributed by atoms with Crippen LogP contribution in [0.15, 0.2) is 36.5 Å². The van der Waals surface area contributed by atoms with Gasteiger partial charge in [0.1, 0.15) is 6.07 Å². The largest absolute Gasteiger partial charge is 0.395 e. The zero-order valence-electron chi connectivity index (χ0n) is 13.3. The molecule has 1 fully saturated rings. The van der Waals surface area contributed by atoms with Crippen molar-refractivity contribution in [1.29, 1.82) is 5.26 Å². The molecule has 1 amide bonds. The van der Waals surface area contributed by atoms with E-state index in [0.29, 0.717) is 36.6 Å². The van der Waals surface area contributed by atoms with E-state index in [1.54, 1.807) is 40.0 Å². The van der Waals surface area contributed by atoms with Gasteiger partial charge in [0.25, 0.3) is 5.91 Å². The molecule has 1 aromatic heterocycles. The molecule has 0 atom stereocenters. The lowest BCUT2D eigenvalue weighted by Crippen LogP contribution is -2.49. The third-order valence-corrected chi connectivity index (χ3v) is 4.16. The number of carbonyl (C=O) groups excluding carboxylic acids is 1. The second-order valence-electron chi connectivity index (χ2n) is 5.63. The summed E-state index contributed by atoms with van der Waals surface area (Å²) >= 11 is 0. The molecule has 24 heavy (non-hydrogen) atoms. The maximum absolute atomic E-state index is 12.6. The normalized spacial score (nSPS) is 15.2. The summed E-state index contributed by atoms with van der Waals surface area (Å²) in [6.07, 6.45) is 1.70. The summed E-state index contributed by atoms with van der Waals surface area (Å²) in [6, 6.07) is 11.0. The maximum atomic E-state index is 12.6. The summed E-state index contributed by atoms with van der Waals surface area (Å²) in [7, 11) is 0. The van der Waals surface area contributed by atoms with Crippen molar-refractivity contribution < 1.29 is 9.90 Å². The summed E-state index contributed by atoms with van der Waals surface area (Å²) in [4.78, 5) is 16.5. The van der Waals surface area contributed by atoms with E-state index in [2.05, 4.69) is 16.1 Å². The Kier molecular flexibility index (Phi) is 4.89. The van der Waals surface area contributed by atoms with Crippen molar-refractivity contribution in [3.05, 3.63) is 47.8 Å². The molecule has 0 saturated carbocycles. The second-order valence-corrected chi connectivity index (χ2v) is 5.63. The molecule has 0 bridgehead atoms. The van der Waals surface area contributed by atoms with Crippen LogP contribution in [0.3, 0.4) is 0 Å². The number of aliphatic hydroxyl groups is 1. The number of aliphatic hydroxyl groups excluding tert-OH is 1. The zero-order valence-corrected chi connectivity index (χ0v) is 13.3. The number of carbonyl (C=O) groups is 1. The number of piperazine rings is 1. The van der Waals surface area contributed by atoms with Gasteiger partial charge in [0.2, 0.25) is 0 Å². The Bertz CT molecular complexity index is 756. The van der Waals surface area contributed by atoms with E-state index in [1.807, 2.05) is 6.07 Å². The van der Waals surface area contributed by atoms with Crippen molar-refractivity contribution in [2.24, 2.45) is 0 Å². The highest BCUT2D eigenvalue weighted by molar-refractivity contribution is 5.92.